The fourth-order valence-corrected chi connectivity index (χ4v) is 2.79. The Balaban J connectivity index is 1.58. The molecule has 0 saturated carbocycles. The second-order valence-corrected chi connectivity index (χ2v) is 6.15. The average molecular weight is 370 g/mol. The number of hydrogen-bond acceptors (Lipinski definition) is 4. The Bertz CT molecular complexity index is 812. The number of alkyl halides is 3. The van der Waals surface area contributed by atoms with Gasteiger partial charge in [0.25, 0.3) is 0 Å². The van der Waals surface area contributed by atoms with Crippen molar-refractivity contribution in [3.05, 3.63) is 36.0 Å². The summed E-state index contributed by atoms with van der Waals surface area (Å²) >= 11 is 0. The van der Waals surface area contributed by atoms with Crippen molar-refractivity contribution in [2.24, 2.45) is 5.92 Å². The number of halogens is 3. The van der Waals surface area contributed by atoms with E-state index >= 15 is 0 Å². The Morgan fingerprint density at radius 1 is 1.42 bits per heavy atom. The van der Waals surface area contributed by atoms with Crippen molar-refractivity contribution < 1.29 is 27.2 Å². The summed E-state index contributed by atoms with van der Waals surface area (Å²) in [6.07, 6.45) is -2.06. The van der Waals surface area contributed by atoms with E-state index in [2.05, 4.69) is 10.4 Å². The van der Waals surface area contributed by atoms with Crippen molar-refractivity contribution in [2.75, 3.05) is 11.4 Å². The molecule has 140 valence electrons. The van der Waals surface area contributed by atoms with Crippen LogP contribution in [0.1, 0.15) is 17.9 Å². The van der Waals surface area contributed by atoms with Crippen LogP contribution in [0.15, 0.2) is 28.9 Å². The van der Waals surface area contributed by atoms with Gasteiger partial charge in [-0.15, -0.1) is 0 Å². The summed E-state index contributed by atoms with van der Waals surface area (Å²) in [5.41, 5.74) is 0.246. The lowest BCUT2D eigenvalue weighted by Gasteiger charge is -2.14. The molecule has 1 aliphatic rings. The molecule has 3 heterocycles. The van der Waals surface area contributed by atoms with E-state index in [4.69, 9.17) is 4.42 Å². The number of anilines is 1. The monoisotopic (exact) mass is 370 g/mol. The van der Waals surface area contributed by atoms with Crippen LogP contribution < -0.4 is 10.2 Å². The molecule has 1 aliphatic heterocycles. The lowest BCUT2D eigenvalue weighted by atomic mass is 10.1. The Hall–Kier alpha value is -2.78. The van der Waals surface area contributed by atoms with Gasteiger partial charge in [0.2, 0.25) is 11.8 Å². The van der Waals surface area contributed by atoms with Gasteiger partial charge in [-0.1, -0.05) is 0 Å². The highest BCUT2D eigenvalue weighted by atomic mass is 19.4. The number of carbonyl (C=O) groups excluding carboxylic acids is 2. The van der Waals surface area contributed by atoms with E-state index in [0.29, 0.717) is 5.76 Å². The van der Waals surface area contributed by atoms with Crippen molar-refractivity contribution >= 4 is 17.5 Å². The minimum atomic E-state index is -4.40. The Morgan fingerprint density at radius 3 is 2.85 bits per heavy atom. The maximum Gasteiger partial charge on any atom is 0.408 e. The first-order valence-electron chi connectivity index (χ1n) is 7.94. The molecule has 2 aromatic heterocycles. The lowest BCUT2D eigenvalue weighted by molar-refractivity contribution is -0.142. The van der Waals surface area contributed by atoms with Gasteiger partial charge in [-0.25, -0.2) is 0 Å². The van der Waals surface area contributed by atoms with Gasteiger partial charge in [-0.3, -0.25) is 14.3 Å². The van der Waals surface area contributed by atoms with Crippen molar-refractivity contribution in [1.29, 1.82) is 0 Å². The van der Waals surface area contributed by atoms with E-state index in [1.165, 1.54) is 11.1 Å². The molecule has 0 radical (unpaired) electrons. The average Bonchev–Trinajstić information content (AvgIpc) is 3.24. The highest BCUT2D eigenvalue weighted by molar-refractivity contribution is 6.00. The maximum absolute atomic E-state index is 12.4. The first-order chi connectivity index (χ1) is 12.2. The first kappa shape index (κ1) is 18.0. The van der Waals surface area contributed by atoms with Crippen LogP contribution in [0, 0.1) is 12.8 Å². The molecule has 0 aromatic carbocycles. The summed E-state index contributed by atoms with van der Waals surface area (Å²) < 4.78 is 43.3. The van der Waals surface area contributed by atoms with Gasteiger partial charge in [-0.05, 0) is 19.1 Å². The number of aromatic nitrogens is 2. The normalized spacial score (nSPS) is 17.8. The molecular formula is C16H17F3N4O3. The number of aryl methyl sites for hydroxylation is 1. The summed E-state index contributed by atoms with van der Waals surface area (Å²) in [6.45, 7) is 0.861. The number of amides is 2. The minimum absolute atomic E-state index is 0.00648. The van der Waals surface area contributed by atoms with Crippen LogP contribution >= 0.6 is 0 Å². The third kappa shape index (κ3) is 4.24. The van der Waals surface area contributed by atoms with Crippen LogP contribution in [0.4, 0.5) is 18.9 Å². The molecule has 0 bridgehead atoms. The molecule has 1 saturated heterocycles. The fourth-order valence-electron chi connectivity index (χ4n) is 2.79. The van der Waals surface area contributed by atoms with Crippen LogP contribution in [-0.4, -0.2) is 34.3 Å². The quantitative estimate of drug-likeness (QED) is 0.873. The van der Waals surface area contributed by atoms with E-state index in [-0.39, 0.29) is 37.0 Å². The summed E-state index contributed by atoms with van der Waals surface area (Å²) in [6, 6.07) is 3.53. The zero-order chi connectivity index (χ0) is 18.9. The topological polar surface area (TPSA) is 80.4 Å². The van der Waals surface area contributed by atoms with Gasteiger partial charge in [0.05, 0.1) is 24.3 Å². The molecule has 1 N–H and O–H groups in total. The minimum Gasteiger partial charge on any atom is -0.465 e. The number of furan rings is 1. The molecule has 1 atom stereocenters. The van der Waals surface area contributed by atoms with E-state index in [1.807, 2.05) is 0 Å². The number of nitrogens with one attached hydrogen (secondary N) is 1. The molecule has 7 nitrogen and oxygen atoms in total. The number of rotatable bonds is 5. The number of hydrogen-bond donors (Lipinski definition) is 1. The predicted octanol–water partition coefficient (Wildman–Crippen LogP) is 2.02. The summed E-state index contributed by atoms with van der Waals surface area (Å²) in [5.74, 6) is 0.116. The summed E-state index contributed by atoms with van der Waals surface area (Å²) in [5, 5.41) is 6.32. The van der Waals surface area contributed by atoms with Crippen molar-refractivity contribution in [2.45, 2.75) is 32.6 Å². The molecule has 0 unspecified atom stereocenters. The SMILES string of the molecule is Cc1ccc(CNC(=O)[C@H]2CC(=O)N(c3cnn(CC(F)(F)F)c3)C2)o1. The second-order valence-electron chi connectivity index (χ2n) is 6.15. The van der Waals surface area contributed by atoms with Gasteiger partial charge in [0, 0.05) is 19.2 Å². The molecular weight excluding hydrogens is 353 g/mol. The zero-order valence-electron chi connectivity index (χ0n) is 13.9. The highest BCUT2D eigenvalue weighted by Gasteiger charge is 2.36. The molecule has 26 heavy (non-hydrogen) atoms. The smallest absolute Gasteiger partial charge is 0.408 e. The Kier molecular flexibility index (Phi) is 4.75. The zero-order valence-corrected chi connectivity index (χ0v) is 13.9. The maximum atomic E-state index is 12.4. The fraction of sp³-hybridized carbons (Fsp3) is 0.438. The van der Waals surface area contributed by atoms with Gasteiger partial charge < -0.3 is 14.6 Å². The van der Waals surface area contributed by atoms with Crippen LogP contribution in [0.25, 0.3) is 0 Å². The van der Waals surface area contributed by atoms with Crippen LogP contribution in [-0.2, 0) is 22.7 Å². The van der Waals surface area contributed by atoms with E-state index in [1.54, 1.807) is 19.1 Å². The molecule has 2 amide bonds. The van der Waals surface area contributed by atoms with Crippen LogP contribution in [0.5, 0.6) is 0 Å². The molecule has 2 aromatic rings. The standard InChI is InChI=1S/C16H17F3N4O3/c1-10-2-3-13(26-10)6-20-15(25)11-4-14(24)23(7-11)12-5-21-22(8-12)9-16(17,18)19/h2-3,5,8,11H,4,6-7,9H2,1H3,(H,20,25)/t11-/m0/s1. The van der Waals surface area contributed by atoms with Gasteiger partial charge in [0.15, 0.2) is 0 Å². The number of nitrogens with zero attached hydrogens (tertiary/aromatic N) is 3. The van der Waals surface area contributed by atoms with Crippen LogP contribution in [0.2, 0.25) is 0 Å². The van der Waals surface area contributed by atoms with Gasteiger partial charge >= 0.3 is 6.18 Å². The highest BCUT2D eigenvalue weighted by Crippen LogP contribution is 2.26. The lowest BCUT2D eigenvalue weighted by Crippen LogP contribution is -2.32. The molecule has 0 aliphatic carbocycles. The van der Waals surface area contributed by atoms with Crippen molar-refractivity contribution in [3.63, 3.8) is 0 Å². The second kappa shape index (κ2) is 6.85. The van der Waals surface area contributed by atoms with E-state index < -0.39 is 18.6 Å². The first-order valence-corrected chi connectivity index (χ1v) is 7.94. The van der Waals surface area contributed by atoms with Crippen molar-refractivity contribution in [1.82, 2.24) is 15.1 Å². The largest absolute Gasteiger partial charge is 0.465 e. The summed E-state index contributed by atoms with van der Waals surface area (Å²) in [7, 11) is 0. The molecule has 3 rings (SSSR count). The van der Waals surface area contributed by atoms with Crippen molar-refractivity contribution in [3.8, 4) is 0 Å². The third-order valence-corrected chi connectivity index (χ3v) is 4.00. The van der Waals surface area contributed by atoms with Gasteiger partial charge in [0.1, 0.15) is 18.1 Å². The molecule has 10 heteroatoms. The molecule has 1 fully saturated rings. The van der Waals surface area contributed by atoms with E-state index in [0.717, 1.165) is 16.6 Å². The predicted molar refractivity (Wildman–Crippen MR) is 84.0 cm³/mol. The van der Waals surface area contributed by atoms with E-state index in [9.17, 15) is 22.8 Å². The third-order valence-electron chi connectivity index (χ3n) is 4.00. The number of carbonyl (C=O) groups is 2. The molecule has 0 spiro atoms. The van der Waals surface area contributed by atoms with Crippen LogP contribution in [0.3, 0.4) is 0 Å². The van der Waals surface area contributed by atoms with Gasteiger partial charge in [-0.2, -0.15) is 18.3 Å². The Morgan fingerprint density at radius 2 is 2.19 bits per heavy atom. The Labute approximate surface area is 146 Å². The summed E-state index contributed by atoms with van der Waals surface area (Å²) in [4.78, 5) is 25.6.